The highest BCUT2D eigenvalue weighted by molar-refractivity contribution is 7.98. The Morgan fingerprint density at radius 1 is 1.45 bits per heavy atom. The smallest absolute Gasteiger partial charge is 0.291 e. The molecule has 1 amide bonds. The molecule has 1 aliphatic heterocycles. The highest BCUT2D eigenvalue weighted by Gasteiger charge is 2.42. The van der Waals surface area contributed by atoms with E-state index in [0.29, 0.717) is 17.3 Å². The van der Waals surface area contributed by atoms with Crippen LogP contribution in [0.15, 0.2) is 34.2 Å². The summed E-state index contributed by atoms with van der Waals surface area (Å²) in [6.07, 6.45) is 2.22. The van der Waals surface area contributed by atoms with Crippen molar-refractivity contribution < 1.29 is 9.48 Å². The molecule has 1 aliphatic rings. The van der Waals surface area contributed by atoms with Crippen LogP contribution in [-0.2, 0) is 4.79 Å². The van der Waals surface area contributed by atoms with Crippen LogP contribution in [0.25, 0.3) is 11.3 Å². The number of carbonyl (C=O) groups excluding carboxylic acids is 1. The minimum atomic E-state index is -0.296. The molecule has 0 aliphatic carbocycles. The van der Waals surface area contributed by atoms with Gasteiger partial charge in [0.1, 0.15) is 0 Å². The summed E-state index contributed by atoms with van der Waals surface area (Å²) in [5.41, 5.74) is 1.79. The van der Waals surface area contributed by atoms with Crippen molar-refractivity contribution in [2.24, 2.45) is 0 Å². The summed E-state index contributed by atoms with van der Waals surface area (Å²) in [5, 5.41) is 5.04. The summed E-state index contributed by atoms with van der Waals surface area (Å²) in [7, 11) is 0. The number of nitrogens with zero attached hydrogens (tertiary/aromatic N) is 3. The van der Waals surface area contributed by atoms with Gasteiger partial charge in [0.15, 0.2) is 0 Å². The lowest BCUT2D eigenvalue weighted by Crippen LogP contribution is -2.60. The lowest BCUT2D eigenvalue weighted by Gasteiger charge is -2.30. The number of amides is 1. The number of hydrogen-bond donors (Lipinski definition) is 1. The number of aromatic amines is 1. The molecule has 0 spiro atoms. The summed E-state index contributed by atoms with van der Waals surface area (Å²) < 4.78 is 1.68. The van der Waals surface area contributed by atoms with Crippen LogP contribution in [0.1, 0.15) is 26.4 Å². The monoisotopic (exact) mass is 317 g/mol. The van der Waals surface area contributed by atoms with Crippen molar-refractivity contribution in [3.63, 3.8) is 0 Å². The number of aromatic nitrogens is 3. The fraction of sp³-hybridized carbons (Fsp3) is 0.333. The Kier molecular flexibility index (Phi) is 3.74. The summed E-state index contributed by atoms with van der Waals surface area (Å²) in [6.45, 7) is 3.51. The van der Waals surface area contributed by atoms with Crippen LogP contribution in [-0.4, -0.2) is 22.2 Å². The van der Waals surface area contributed by atoms with E-state index in [0.717, 1.165) is 11.3 Å². The first-order valence-corrected chi connectivity index (χ1v) is 8.30. The molecule has 2 aromatic rings. The average molecular weight is 317 g/mol. The third-order valence-electron chi connectivity index (χ3n) is 3.76. The molecule has 0 saturated carbocycles. The number of anilines is 1. The normalized spacial score (nSPS) is 16.1. The van der Waals surface area contributed by atoms with Crippen molar-refractivity contribution in [1.82, 2.24) is 10.1 Å². The number of para-hydroxylation sites is 1. The van der Waals surface area contributed by atoms with Gasteiger partial charge in [-0.05, 0) is 18.4 Å². The van der Waals surface area contributed by atoms with E-state index >= 15 is 0 Å². The van der Waals surface area contributed by atoms with Crippen LogP contribution in [0.4, 0.5) is 5.69 Å². The van der Waals surface area contributed by atoms with Crippen molar-refractivity contribution >= 4 is 23.4 Å². The summed E-state index contributed by atoms with van der Waals surface area (Å²) in [6, 6.07) is 7.44. The van der Waals surface area contributed by atoms with Gasteiger partial charge < -0.3 is 0 Å². The van der Waals surface area contributed by atoms with Gasteiger partial charge in [-0.3, -0.25) is 19.5 Å². The molecule has 1 aromatic carbocycles. The van der Waals surface area contributed by atoms with Gasteiger partial charge in [0, 0.05) is 18.4 Å². The number of benzene rings is 1. The zero-order valence-electron chi connectivity index (χ0n) is 12.7. The minimum absolute atomic E-state index is 0.0646. The molecular formula is C15H17N4O2S+. The number of rotatable bonds is 2. The topological polar surface area (TPSA) is 69.9 Å². The van der Waals surface area contributed by atoms with Gasteiger partial charge in [-0.2, -0.15) is 0 Å². The molecule has 0 saturated heterocycles. The Morgan fingerprint density at radius 3 is 2.82 bits per heavy atom. The highest BCUT2D eigenvalue weighted by atomic mass is 32.2. The van der Waals surface area contributed by atoms with Crippen molar-refractivity contribution in [1.29, 1.82) is 0 Å². The molecule has 1 N–H and O–H groups in total. The predicted octanol–water partition coefficient (Wildman–Crippen LogP) is 1.72. The van der Waals surface area contributed by atoms with Crippen molar-refractivity contribution in [2.75, 3.05) is 11.2 Å². The zero-order chi connectivity index (χ0) is 15.9. The van der Waals surface area contributed by atoms with E-state index in [1.54, 1.807) is 9.58 Å². The predicted molar refractivity (Wildman–Crippen MR) is 84.8 cm³/mol. The molecule has 2 heterocycles. The number of H-pyrrole nitrogens is 1. The van der Waals surface area contributed by atoms with E-state index in [4.69, 9.17) is 0 Å². The second-order valence-electron chi connectivity index (χ2n) is 5.05. The zero-order valence-corrected chi connectivity index (χ0v) is 13.5. The Balaban J connectivity index is 2.38. The molecule has 114 valence electrons. The van der Waals surface area contributed by atoms with Gasteiger partial charge in [0.05, 0.1) is 11.3 Å². The molecule has 1 aromatic heterocycles. The lowest BCUT2D eigenvalue weighted by molar-refractivity contribution is -0.771. The standard InChI is InChI=1S/C15H16N4O2S/c1-4-12-18(9(2)20)11-8-6-5-7-10(11)13-14(21)16-15(22-3)17-19(12)13/h5-8,12H,4H2,1-3H3/p+1. The Morgan fingerprint density at radius 2 is 2.18 bits per heavy atom. The number of thioether (sulfide) groups is 1. The highest BCUT2D eigenvalue weighted by Crippen LogP contribution is 2.35. The van der Waals surface area contributed by atoms with E-state index in [9.17, 15) is 9.59 Å². The summed E-state index contributed by atoms with van der Waals surface area (Å²) in [4.78, 5) is 29.2. The fourth-order valence-electron chi connectivity index (χ4n) is 2.88. The largest absolute Gasteiger partial charge is 0.325 e. The number of nitrogens with one attached hydrogen (secondary N) is 1. The van der Waals surface area contributed by atoms with Gasteiger partial charge in [0.25, 0.3) is 6.17 Å². The molecule has 1 atom stereocenters. The Hall–Kier alpha value is -2.15. The van der Waals surface area contributed by atoms with Crippen LogP contribution in [0.3, 0.4) is 0 Å². The maximum atomic E-state index is 12.5. The summed E-state index contributed by atoms with van der Waals surface area (Å²) in [5.74, 6) is -0.0646. The van der Waals surface area contributed by atoms with Crippen molar-refractivity contribution in [3.05, 3.63) is 34.6 Å². The third kappa shape index (κ3) is 2.12. The second kappa shape index (κ2) is 5.57. The molecule has 7 heteroatoms. The van der Waals surface area contributed by atoms with Crippen molar-refractivity contribution in [2.45, 2.75) is 31.6 Å². The third-order valence-corrected chi connectivity index (χ3v) is 4.33. The Bertz CT molecular complexity index is 802. The molecule has 0 bridgehead atoms. The van der Waals surface area contributed by atoms with Crippen LogP contribution < -0.4 is 15.1 Å². The molecular weight excluding hydrogens is 300 g/mol. The molecule has 1 unspecified atom stereocenters. The quantitative estimate of drug-likeness (QED) is 0.676. The lowest BCUT2D eigenvalue weighted by atomic mass is 10.0. The Labute approximate surface area is 132 Å². The minimum Gasteiger partial charge on any atom is -0.291 e. The first kappa shape index (κ1) is 14.8. The van der Waals surface area contributed by atoms with E-state index in [-0.39, 0.29) is 17.6 Å². The summed E-state index contributed by atoms with van der Waals surface area (Å²) >= 11 is 1.37. The molecule has 0 fully saturated rings. The number of carbonyl (C=O) groups is 1. The van der Waals surface area contributed by atoms with E-state index < -0.39 is 0 Å². The van der Waals surface area contributed by atoms with E-state index in [1.165, 1.54) is 18.7 Å². The van der Waals surface area contributed by atoms with Gasteiger partial charge in [-0.15, -0.1) is 0 Å². The van der Waals surface area contributed by atoms with Crippen LogP contribution in [0.2, 0.25) is 0 Å². The fourth-order valence-corrected chi connectivity index (χ4v) is 3.24. The van der Waals surface area contributed by atoms with Crippen LogP contribution in [0, 0.1) is 0 Å². The molecule has 22 heavy (non-hydrogen) atoms. The average Bonchev–Trinajstić information content (AvgIpc) is 2.52. The van der Waals surface area contributed by atoms with Gasteiger partial charge in [0.2, 0.25) is 11.1 Å². The maximum Gasteiger partial charge on any atom is 0.325 e. The number of fused-ring (bicyclic) bond motifs is 3. The van der Waals surface area contributed by atoms with Crippen LogP contribution >= 0.6 is 11.8 Å². The SMILES string of the molecule is CCC1N(C(C)=O)c2ccccc2-c2c(=O)[nH]c(SC)n[n+]21. The molecule has 3 rings (SSSR count). The number of hydrogen-bond acceptors (Lipinski definition) is 4. The van der Waals surface area contributed by atoms with E-state index in [1.807, 2.05) is 37.4 Å². The molecule has 0 radical (unpaired) electrons. The first-order valence-electron chi connectivity index (χ1n) is 7.07. The first-order chi connectivity index (χ1) is 10.6. The van der Waals surface area contributed by atoms with Gasteiger partial charge in [-0.25, -0.2) is 0 Å². The molecule has 6 nitrogen and oxygen atoms in total. The maximum absolute atomic E-state index is 12.5. The van der Waals surface area contributed by atoms with Crippen LogP contribution in [0.5, 0.6) is 0 Å². The van der Waals surface area contributed by atoms with E-state index in [2.05, 4.69) is 10.1 Å². The second-order valence-corrected chi connectivity index (χ2v) is 5.85. The van der Waals surface area contributed by atoms with Gasteiger partial charge >= 0.3 is 11.3 Å². The van der Waals surface area contributed by atoms with Gasteiger partial charge in [-0.1, -0.05) is 35.5 Å². The van der Waals surface area contributed by atoms with Crippen molar-refractivity contribution in [3.8, 4) is 11.3 Å².